The van der Waals surface area contributed by atoms with E-state index in [2.05, 4.69) is 29.0 Å². The summed E-state index contributed by atoms with van der Waals surface area (Å²) in [5.41, 5.74) is 10.7. The minimum atomic E-state index is -0.0639. The second-order valence-corrected chi connectivity index (χ2v) is 7.81. The molecule has 1 aromatic heterocycles. The molecule has 0 bridgehead atoms. The molecule has 0 spiro atoms. The predicted octanol–water partition coefficient (Wildman–Crippen LogP) is 3.07. The van der Waals surface area contributed by atoms with Crippen molar-refractivity contribution >= 4 is 11.9 Å². The van der Waals surface area contributed by atoms with Gasteiger partial charge in [0, 0.05) is 31.0 Å². The zero-order valence-electron chi connectivity index (χ0n) is 16.5. The maximum atomic E-state index is 13.6. The predicted molar refractivity (Wildman–Crippen MR) is 108 cm³/mol. The summed E-state index contributed by atoms with van der Waals surface area (Å²) in [6, 6.07) is 8.19. The number of aryl methyl sites for hydroxylation is 2. The average Bonchev–Trinajstić information content (AvgIpc) is 3.21. The zero-order valence-corrected chi connectivity index (χ0v) is 16.5. The van der Waals surface area contributed by atoms with Crippen molar-refractivity contribution in [1.29, 1.82) is 0 Å². The van der Waals surface area contributed by atoms with Crippen LogP contribution in [0.3, 0.4) is 0 Å². The highest BCUT2D eigenvalue weighted by Gasteiger charge is 2.28. The van der Waals surface area contributed by atoms with Gasteiger partial charge < -0.3 is 15.4 Å². The number of benzene rings is 1. The van der Waals surface area contributed by atoms with Crippen molar-refractivity contribution < 1.29 is 9.53 Å². The number of nitrogens with two attached hydrogens (primary N) is 1. The van der Waals surface area contributed by atoms with Crippen molar-refractivity contribution in [1.82, 2.24) is 14.9 Å². The SMILES string of the molecule is Cc1ccccc1CN(CC1CCCO1)C(=O)c1nc(N)nc2c1CCCC2. The van der Waals surface area contributed by atoms with Crippen molar-refractivity contribution in [3.8, 4) is 0 Å². The van der Waals surface area contributed by atoms with Crippen LogP contribution in [0.15, 0.2) is 24.3 Å². The molecule has 2 aliphatic rings. The molecule has 1 aliphatic heterocycles. The summed E-state index contributed by atoms with van der Waals surface area (Å²) >= 11 is 0. The lowest BCUT2D eigenvalue weighted by atomic mass is 9.94. The third-order valence-electron chi connectivity index (χ3n) is 5.76. The number of hydrogen-bond donors (Lipinski definition) is 1. The molecule has 148 valence electrons. The number of fused-ring (bicyclic) bond motifs is 1. The Morgan fingerprint density at radius 2 is 2.04 bits per heavy atom. The van der Waals surface area contributed by atoms with Gasteiger partial charge in [0.1, 0.15) is 5.69 Å². The Bertz CT molecular complexity index is 862. The lowest BCUT2D eigenvalue weighted by Crippen LogP contribution is -2.38. The van der Waals surface area contributed by atoms with Crippen LogP contribution in [0.2, 0.25) is 0 Å². The number of nitrogens with zero attached hydrogens (tertiary/aromatic N) is 3. The van der Waals surface area contributed by atoms with Crippen molar-refractivity contribution in [3.05, 3.63) is 52.3 Å². The highest BCUT2D eigenvalue weighted by Crippen LogP contribution is 2.25. The molecule has 0 radical (unpaired) electrons. The van der Waals surface area contributed by atoms with Crippen LogP contribution in [0.5, 0.6) is 0 Å². The molecule has 4 rings (SSSR count). The smallest absolute Gasteiger partial charge is 0.273 e. The number of ether oxygens (including phenoxy) is 1. The first-order chi connectivity index (χ1) is 13.6. The van der Waals surface area contributed by atoms with Gasteiger partial charge in [-0.2, -0.15) is 0 Å². The van der Waals surface area contributed by atoms with Crippen LogP contribution in [0.1, 0.15) is 58.6 Å². The molecular weight excluding hydrogens is 352 g/mol. The molecule has 1 saturated heterocycles. The summed E-state index contributed by atoms with van der Waals surface area (Å²) in [5.74, 6) is 0.128. The Hall–Kier alpha value is -2.47. The van der Waals surface area contributed by atoms with E-state index >= 15 is 0 Å². The largest absolute Gasteiger partial charge is 0.376 e. The van der Waals surface area contributed by atoms with Crippen molar-refractivity contribution in [2.45, 2.75) is 58.1 Å². The highest BCUT2D eigenvalue weighted by molar-refractivity contribution is 5.94. The zero-order chi connectivity index (χ0) is 19.5. The number of hydrogen-bond acceptors (Lipinski definition) is 5. The molecule has 1 aliphatic carbocycles. The minimum Gasteiger partial charge on any atom is -0.376 e. The molecule has 1 aromatic carbocycles. The summed E-state index contributed by atoms with van der Waals surface area (Å²) < 4.78 is 5.82. The van der Waals surface area contributed by atoms with Crippen LogP contribution in [0, 0.1) is 6.92 Å². The van der Waals surface area contributed by atoms with Crippen LogP contribution < -0.4 is 5.73 Å². The Balaban J connectivity index is 1.66. The average molecular weight is 380 g/mol. The number of anilines is 1. The van der Waals surface area contributed by atoms with Crippen LogP contribution in [-0.2, 0) is 24.1 Å². The standard InChI is InChI=1S/C22H28N4O2/c1-15-7-2-3-8-16(15)13-26(14-17-9-6-12-28-17)21(27)20-18-10-4-5-11-19(18)24-22(23)25-20/h2-3,7-8,17H,4-6,9-14H2,1H3,(H2,23,24,25). The highest BCUT2D eigenvalue weighted by atomic mass is 16.5. The number of carbonyl (C=O) groups is 1. The summed E-state index contributed by atoms with van der Waals surface area (Å²) in [7, 11) is 0. The van der Waals surface area contributed by atoms with E-state index in [9.17, 15) is 4.79 Å². The van der Waals surface area contributed by atoms with Gasteiger partial charge in [0.05, 0.1) is 6.10 Å². The van der Waals surface area contributed by atoms with Crippen molar-refractivity contribution in [2.24, 2.45) is 0 Å². The number of carbonyl (C=O) groups excluding carboxylic acids is 1. The first-order valence-electron chi connectivity index (χ1n) is 10.2. The Morgan fingerprint density at radius 3 is 2.82 bits per heavy atom. The van der Waals surface area contributed by atoms with Gasteiger partial charge in [-0.15, -0.1) is 0 Å². The molecule has 1 atom stereocenters. The Morgan fingerprint density at radius 1 is 1.21 bits per heavy atom. The molecule has 1 fully saturated rings. The van der Waals surface area contributed by atoms with Crippen molar-refractivity contribution in [3.63, 3.8) is 0 Å². The molecule has 2 N–H and O–H groups in total. The molecule has 1 unspecified atom stereocenters. The van der Waals surface area contributed by atoms with Gasteiger partial charge in [0.15, 0.2) is 0 Å². The van der Waals surface area contributed by atoms with E-state index in [-0.39, 0.29) is 18.0 Å². The van der Waals surface area contributed by atoms with Crippen LogP contribution in [0.25, 0.3) is 0 Å². The molecule has 6 nitrogen and oxygen atoms in total. The van der Waals surface area contributed by atoms with E-state index < -0.39 is 0 Å². The number of nitrogen functional groups attached to an aromatic ring is 1. The van der Waals surface area contributed by atoms with Gasteiger partial charge in [-0.25, -0.2) is 9.97 Å². The second kappa shape index (κ2) is 8.27. The van der Waals surface area contributed by atoms with E-state index in [1.54, 1.807) is 0 Å². The lowest BCUT2D eigenvalue weighted by Gasteiger charge is -2.27. The third kappa shape index (κ3) is 4.02. The van der Waals surface area contributed by atoms with E-state index in [0.717, 1.165) is 62.0 Å². The van der Waals surface area contributed by atoms with E-state index in [0.29, 0.717) is 18.8 Å². The number of amides is 1. The van der Waals surface area contributed by atoms with Crippen LogP contribution in [0.4, 0.5) is 5.95 Å². The quantitative estimate of drug-likeness (QED) is 0.862. The van der Waals surface area contributed by atoms with Crippen LogP contribution >= 0.6 is 0 Å². The van der Waals surface area contributed by atoms with E-state index in [1.165, 1.54) is 5.56 Å². The molecule has 1 amide bonds. The maximum absolute atomic E-state index is 13.6. The Kier molecular flexibility index (Phi) is 5.57. The monoisotopic (exact) mass is 380 g/mol. The number of aromatic nitrogens is 2. The minimum absolute atomic E-state index is 0.0639. The van der Waals surface area contributed by atoms with Crippen molar-refractivity contribution in [2.75, 3.05) is 18.9 Å². The molecule has 2 heterocycles. The summed E-state index contributed by atoms with van der Waals surface area (Å²) in [4.78, 5) is 24.3. The van der Waals surface area contributed by atoms with E-state index in [1.807, 2.05) is 17.0 Å². The first-order valence-corrected chi connectivity index (χ1v) is 10.2. The van der Waals surface area contributed by atoms with Gasteiger partial charge in [-0.1, -0.05) is 24.3 Å². The molecule has 6 heteroatoms. The molecule has 0 saturated carbocycles. The molecule has 28 heavy (non-hydrogen) atoms. The maximum Gasteiger partial charge on any atom is 0.273 e. The normalized spacial score (nSPS) is 18.7. The van der Waals surface area contributed by atoms with E-state index in [4.69, 9.17) is 10.5 Å². The topological polar surface area (TPSA) is 81.3 Å². The van der Waals surface area contributed by atoms with Gasteiger partial charge in [-0.05, 0) is 56.6 Å². The fourth-order valence-electron chi connectivity index (χ4n) is 4.19. The summed E-state index contributed by atoms with van der Waals surface area (Å²) in [6.07, 6.45) is 5.97. The van der Waals surface area contributed by atoms with Gasteiger partial charge in [0.25, 0.3) is 5.91 Å². The Labute approximate surface area is 166 Å². The summed E-state index contributed by atoms with van der Waals surface area (Å²) in [6.45, 7) is 3.97. The lowest BCUT2D eigenvalue weighted by molar-refractivity contribution is 0.0501. The second-order valence-electron chi connectivity index (χ2n) is 7.81. The third-order valence-corrected chi connectivity index (χ3v) is 5.76. The number of rotatable bonds is 5. The fourth-order valence-corrected chi connectivity index (χ4v) is 4.19. The molecular formula is C22H28N4O2. The molecule has 2 aromatic rings. The van der Waals surface area contributed by atoms with Gasteiger partial charge in [-0.3, -0.25) is 4.79 Å². The fraction of sp³-hybridized carbons (Fsp3) is 0.500. The first kappa shape index (κ1) is 18.9. The van der Waals surface area contributed by atoms with Crippen LogP contribution in [-0.4, -0.2) is 40.0 Å². The summed E-state index contributed by atoms with van der Waals surface area (Å²) in [5, 5.41) is 0. The van der Waals surface area contributed by atoms with Gasteiger partial charge >= 0.3 is 0 Å². The van der Waals surface area contributed by atoms with Gasteiger partial charge in [0.2, 0.25) is 5.95 Å².